The maximum Gasteiger partial charge on any atom is 0.341 e. The number of carbonyl (C=O) groups is 2. The van der Waals surface area contributed by atoms with Crippen molar-refractivity contribution < 1.29 is 23.1 Å². The molecule has 0 unspecified atom stereocenters. The van der Waals surface area contributed by atoms with Crippen molar-refractivity contribution >= 4 is 29.2 Å². The fraction of sp³-hybridized carbons (Fsp3) is 0.0667. The highest BCUT2D eigenvalue weighted by atomic mass is 35.5. The smallest absolute Gasteiger partial charge is 0.341 e. The van der Waals surface area contributed by atoms with Crippen LogP contribution < -0.4 is 5.32 Å². The highest BCUT2D eigenvalue weighted by Gasteiger charge is 2.15. The third-order valence-electron chi connectivity index (χ3n) is 2.61. The predicted molar refractivity (Wildman–Crippen MR) is 76.7 cm³/mol. The number of ether oxygens (including phenoxy) is 1. The van der Waals surface area contributed by atoms with Crippen LogP contribution in [-0.4, -0.2) is 18.5 Å². The van der Waals surface area contributed by atoms with E-state index in [0.717, 1.165) is 12.1 Å². The second kappa shape index (κ2) is 7.00. The molecular formula is C15H10ClF2NO3. The number of halogens is 3. The van der Waals surface area contributed by atoms with Crippen molar-refractivity contribution in [3.05, 3.63) is 64.7 Å². The molecule has 114 valence electrons. The first-order chi connectivity index (χ1) is 10.5. The molecule has 4 nitrogen and oxygen atoms in total. The van der Waals surface area contributed by atoms with Gasteiger partial charge in [0.25, 0.3) is 5.91 Å². The molecule has 0 aliphatic carbocycles. The van der Waals surface area contributed by atoms with Crippen LogP contribution in [0.15, 0.2) is 42.5 Å². The van der Waals surface area contributed by atoms with Crippen molar-refractivity contribution in [1.29, 1.82) is 0 Å². The molecule has 0 aromatic heterocycles. The van der Waals surface area contributed by atoms with E-state index in [1.54, 1.807) is 24.3 Å². The lowest BCUT2D eigenvalue weighted by atomic mass is 10.2. The lowest BCUT2D eigenvalue weighted by Crippen LogP contribution is -2.21. The Morgan fingerprint density at radius 3 is 2.41 bits per heavy atom. The molecule has 0 radical (unpaired) electrons. The van der Waals surface area contributed by atoms with Crippen molar-refractivity contribution in [2.75, 3.05) is 11.9 Å². The molecule has 0 saturated heterocycles. The second-order valence-electron chi connectivity index (χ2n) is 4.26. The van der Waals surface area contributed by atoms with Gasteiger partial charge < -0.3 is 10.1 Å². The summed E-state index contributed by atoms with van der Waals surface area (Å²) in [5.74, 6) is -3.51. The monoisotopic (exact) mass is 325 g/mol. The maximum atomic E-state index is 13.4. The van der Waals surface area contributed by atoms with Crippen LogP contribution in [0.2, 0.25) is 5.02 Å². The first-order valence-electron chi connectivity index (χ1n) is 6.13. The summed E-state index contributed by atoms with van der Waals surface area (Å²) >= 11 is 5.70. The van der Waals surface area contributed by atoms with Crippen LogP contribution in [0.3, 0.4) is 0 Å². The Kier molecular flexibility index (Phi) is 5.06. The van der Waals surface area contributed by atoms with Gasteiger partial charge in [0.1, 0.15) is 11.6 Å². The van der Waals surface area contributed by atoms with Crippen LogP contribution in [0.1, 0.15) is 10.4 Å². The fourth-order valence-electron chi connectivity index (χ4n) is 1.59. The van der Waals surface area contributed by atoms with Gasteiger partial charge in [-0.3, -0.25) is 4.79 Å². The summed E-state index contributed by atoms with van der Waals surface area (Å²) in [6, 6.07) is 8.74. The summed E-state index contributed by atoms with van der Waals surface area (Å²) in [6.07, 6.45) is 0. The summed E-state index contributed by atoms with van der Waals surface area (Å²) in [6.45, 7) is -0.599. The van der Waals surface area contributed by atoms with Gasteiger partial charge >= 0.3 is 5.97 Å². The second-order valence-corrected chi connectivity index (χ2v) is 4.69. The van der Waals surface area contributed by atoms with Gasteiger partial charge in [0, 0.05) is 16.8 Å². The summed E-state index contributed by atoms with van der Waals surface area (Å²) in [7, 11) is 0. The van der Waals surface area contributed by atoms with E-state index in [0.29, 0.717) is 16.8 Å². The third-order valence-corrected chi connectivity index (χ3v) is 2.87. The molecule has 2 rings (SSSR count). The van der Waals surface area contributed by atoms with Gasteiger partial charge in [-0.25, -0.2) is 13.6 Å². The number of nitrogens with one attached hydrogen (secondary N) is 1. The van der Waals surface area contributed by atoms with Gasteiger partial charge in [-0.15, -0.1) is 0 Å². The molecule has 0 heterocycles. The zero-order chi connectivity index (χ0) is 16.1. The minimum Gasteiger partial charge on any atom is -0.452 e. The Morgan fingerprint density at radius 1 is 1.09 bits per heavy atom. The molecule has 0 atom stereocenters. The molecule has 1 amide bonds. The van der Waals surface area contributed by atoms with Gasteiger partial charge in [0.2, 0.25) is 0 Å². The van der Waals surface area contributed by atoms with Crippen molar-refractivity contribution in [3.63, 3.8) is 0 Å². The highest BCUT2D eigenvalue weighted by Crippen LogP contribution is 2.14. The molecule has 0 aliphatic heterocycles. The average Bonchev–Trinajstić information content (AvgIpc) is 2.47. The van der Waals surface area contributed by atoms with Crippen LogP contribution in [0.4, 0.5) is 14.5 Å². The minimum atomic E-state index is -1.05. The summed E-state index contributed by atoms with van der Waals surface area (Å²) in [5, 5.41) is 2.98. The van der Waals surface area contributed by atoms with Crippen molar-refractivity contribution in [2.24, 2.45) is 0 Å². The third kappa shape index (κ3) is 4.26. The topological polar surface area (TPSA) is 55.4 Å². The molecule has 22 heavy (non-hydrogen) atoms. The maximum absolute atomic E-state index is 13.4. The molecule has 0 aliphatic rings. The first kappa shape index (κ1) is 15.9. The Balaban J connectivity index is 1.90. The van der Waals surface area contributed by atoms with Gasteiger partial charge in [0.15, 0.2) is 6.61 Å². The van der Waals surface area contributed by atoms with Crippen LogP contribution in [0.5, 0.6) is 0 Å². The van der Waals surface area contributed by atoms with Crippen LogP contribution in [-0.2, 0) is 9.53 Å². The zero-order valence-corrected chi connectivity index (χ0v) is 11.9. The quantitative estimate of drug-likeness (QED) is 0.876. The molecule has 0 saturated carbocycles. The number of rotatable bonds is 4. The van der Waals surface area contributed by atoms with Crippen LogP contribution >= 0.6 is 11.6 Å². The molecule has 0 bridgehead atoms. The summed E-state index contributed by atoms with van der Waals surface area (Å²) < 4.78 is 30.8. The van der Waals surface area contributed by atoms with Gasteiger partial charge in [-0.2, -0.15) is 0 Å². The Morgan fingerprint density at radius 2 is 1.77 bits per heavy atom. The van der Waals surface area contributed by atoms with E-state index in [1.807, 2.05) is 0 Å². The average molecular weight is 326 g/mol. The SMILES string of the molecule is O=C(COC(=O)c1ccc(F)cc1F)Nc1ccc(Cl)cc1. The molecule has 0 fully saturated rings. The normalized spacial score (nSPS) is 10.1. The number of hydrogen-bond acceptors (Lipinski definition) is 3. The number of esters is 1. The lowest BCUT2D eigenvalue weighted by molar-refractivity contribution is -0.119. The van der Waals surface area contributed by atoms with E-state index >= 15 is 0 Å². The molecular weight excluding hydrogens is 316 g/mol. The number of hydrogen-bond donors (Lipinski definition) is 1. The number of carbonyl (C=O) groups excluding carboxylic acids is 2. The van der Waals surface area contributed by atoms with Gasteiger partial charge in [-0.1, -0.05) is 11.6 Å². The Labute approximate surface area is 129 Å². The summed E-state index contributed by atoms with van der Waals surface area (Å²) in [5.41, 5.74) is 0.0269. The minimum absolute atomic E-state index is 0.444. The predicted octanol–water partition coefficient (Wildman–Crippen LogP) is 3.41. The first-order valence-corrected chi connectivity index (χ1v) is 6.51. The zero-order valence-electron chi connectivity index (χ0n) is 11.1. The fourth-order valence-corrected chi connectivity index (χ4v) is 1.72. The van der Waals surface area contributed by atoms with E-state index < -0.39 is 35.7 Å². The molecule has 1 N–H and O–H groups in total. The van der Waals surface area contributed by atoms with E-state index in [-0.39, 0.29) is 0 Å². The number of benzene rings is 2. The Hall–Kier alpha value is -2.47. The highest BCUT2D eigenvalue weighted by molar-refractivity contribution is 6.30. The van der Waals surface area contributed by atoms with Crippen LogP contribution in [0, 0.1) is 11.6 Å². The summed E-state index contributed by atoms with van der Waals surface area (Å²) in [4.78, 5) is 23.2. The Bertz CT molecular complexity index is 704. The van der Waals surface area contributed by atoms with Crippen LogP contribution in [0.25, 0.3) is 0 Å². The largest absolute Gasteiger partial charge is 0.452 e. The van der Waals surface area contributed by atoms with E-state index in [2.05, 4.69) is 10.1 Å². The molecule has 0 spiro atoms. The van der Waals surface area contributed by atoms with E-state index in [4.69, 9.17) is 11.6 Å². The van der Waals surface area contributed by atoms with E-state index in [1.165, 1.54) is 0 Å². The number of amides is 1. The van der Waals surface area contributed by atoms with Crippen molar-refractivity contribution in [2.45, 2.75) is 0 Å². The van der Waals surface area contributed by atoms with Gasteiger partial charge in [-0.05, 0) is 36.4 Å². The van der Waals surface area contributed by atoms with E-state index in [9.17, 15) is 18.4 Å². The van der Waals surface area contributed by atoms with Crippen molar-refractivity contribution in [3.8, 4) is 0 Å². The number of anilines is 1. The lowest BCUT2D eigenvalue weighted by Gasteiger charge is -2.07. The molecule has 2 aromatic carbocycles. The molecule has 7 heteroatoms. The standard InChI is InChI=1S/C15H10ClF2NO3/c16-9-1-4-11(5-2-9)19-14(20)8-22-15(21)12-6-3-10(17)7-13(12)18/h1-7H,8H2,(H,19,20). The van der Waals surface area contributed by atoms with Crippen molar-refractivity contribution in [1.82, 2.24) is 0 Å². The molecule has 2 aromatic rings. The van der Waals surface area contributed by atoms with Gasteiger partial charge in [0.05, 0.1) is 5.56 Å².